The number of hydrogen-bond donors (Lipinski definition) is 1. The molecule has 0 amide bonds. The maximum atomic E-state index is 12.6. The summed E-state index contributed by atoms with van der Waals surface area (Å²) < 4.78 is 28.3. The molecule has 0 aliphatic carbocycles. The molecular formula is C12H17BrN2O2S2. The molecule has 106 valence electrons. The molecule has 2 unspecified atom stereocenters. The van der Waals surface area contributed by atoms with Gasteiger partial charge < -0.3 is 5.32 Å². The van der Waals surface area contributed by atoms with Gasteiger partial charge in [-0.2, -0.15) is 4.31 Å². The number of rotatable bonds is 2. The minimum Gasteiger partial charge on any atom is -0.316 e. The van der Waals surface area contributed by atoms with Crippen molar-refractivity contribution in [3.63, 3.8) is 0 Å². The Morgan fingerprint density at radius 1 is 1.42 bits per heavy atom. The fourth-order valence-corrected chi connectivity index (χ4v) is 6.80. The molecule has 2 aliphatic heterocycles. The van der Waals surface area contributed by atoms with Gasteiger partial charge in [0.15, 0.2) is 0 Å². The smallest absolute Gasteiger partial charge is 0.252 e. The molecule has 1 N–H and O–H groups in total. The van der Waals surface area contributed by atoms with Gasteiger partial charge in [-0.1, -0.05) is 0 Å². The van der Waals surface area contributed by atoms with Crippen molar-refractivity contribution in [2.45, 2.75) is 17.6 Å². The van der Waals surface area contributed by atoms with Crippen LogP contribution in [0, 0.1) is 18.8 Å². The Bertz CT molecular complexity index is 565. The lowest BCUT2D eigenvalue weighted by Gasteiger charge is -2.33. The van der Waals surface area contributed by atoms with Crippen LogP contribution in [0.25, 0.3) is 0 Å². The predicted octanol–water partition coefficient (Wildman–Crippen LogP) is 2.05. The van der Waals surface area contributed by atoms with Gasteiger partial charge in [0.25, 0.3) is 10.0 Å². The fourth-order valence-electron chi connectivity index (χ4n) is 2.91. The molecule has 0 aromatic carbocycles. The van der Waals surface area contributed by atoms with Gasteiger partial charge in [0, 0.05) is 13.1 Å². The van der Waals surface area contributed by atoms with E-state index in [1.165, 1.54) is 11.3 Å². The SMILES string of the molecule is Cc1cc(S(=O)(=O)N2CCC3CNCC3C2)sc1Br. The number of piperidine rings is 1. The molecule has 2 atom stereocenters. The van der Waals surface area contributed by atoms with Crippen molar-refractivity contribution in [1.82, 2.24) is 9.62 Å². The topological polar surface area (TPSA) is 49.4 Å². The highest BCUT2D eigenvalue weighted by Gasteiger charge is 2.38. The number of aryl methyl sites for hydroxylation is 1. The number of nitrogens with zero attached hydrogens (tertiary/aromatic N) is 1. The van der Waals surface area contributed by atoms with Crippen LogP contribution in [-0.4, -0.2) is 38.9 Å². The average Bonchev–Trinajstić information content (AvgIpc) is 2.96. The summed E-state index contributed by atoms with van der Waals surface area (Å²) in [4.78, 5) is 0. The van der Waals surface area contributed by atoms with Gasteiger partial charge in [-0.15, -0.1) is 11.3 Å². The molecule has 3 heterocycles. The molecule has 2 aliphatic rings. The van der Waals surface area contributed by atoms with Gasteiger partial charge in [-0.3, -0.25) is 0 Å². The fraction of sp³-hybridized carbons (Fsp3) is 0.667. The maximum absolute atomic E-state index is 12.6. The van der Waals surface area contributed by atoms with E-state index in [1.54, 1.807) is 10.4 Å². The first-order valence-electron chi connectivity index (χ1n) is 6.45. The van der Waals surface area contributed by atoms with Gasteiger partial charge in [-0.05, 0) is 65.8 Å². The minimum absolute atomic E-state index is 0.460. The molecule has 2 fully saturated rings. The Morgan fingerprint density at radius 2 is 2.16 bits per heavy atom. The quantitative estimate of drug-likeness (QED) is 0.873. The van der Waals surface area contributed by atoms with Crippen LogP contribution in [0.15, 0.2) is 14.1 Å². The zero-order valence-corrected chi connectivity index (χ0v) is 13.9. The van der Waals surface area contributed by atoms with Crippen molar-refractivity contribution in [1.29, 1.82) is 0 Å². The molecule has 1 aromatic heterocycles. The molecule has 3 rings (SSSR count). The van der Waals surface area contributed by atoms with E-state index in [9.17, 15) is 8.42 Å². The van der Waals surface area contributed by atoms with E-state index in [2.05, 4.69) is 21.2 Å². The number of fused-ring (bicyclic) bond motifs is 1. The van der Waals surface area contributed by atoms with Gasteiger partial charge in [-0.25, -0.2) is 8.42 Å². The molecule has 4 nitrogen and oxygen atoms in total. The number of hydrogen-bond acceptors (Lipinski definition) is 4. The van der Waals surface area contributed by atoms with Gasteiger partial charge in [0.2, 0.25) is 0 Å². The Balaban J connectivity index is 1.84. The molecular weight excluding hydrogens is 348 g/mol. The highest BCUT2D eigenvalue weighted by Crippen LogP contribution is 2.35. The summed E-state index contributed by atoms with van der Waals surface area (Å²) in [7, 11) is -3.31. The second kappa shape index (κ2) is 5.11. The number of sulfonamides is 1. The number of nitrogens with one attached hydrogen (secondary N) is 1. The van der Waals surface area contributed by atoms with Crippen molar-refractivity contribution < 1.29 is 8.42 Å². The summed E-state index contributed by atoms with van der Waals surface area (Å²) in [6.45, 7) is 5.23. The van der Waals surface area contributed by atoms with Crippen LogP contribution < -0.4 is 5.32 Å². The van der Waals surface area contributed by atoms with Crippen LogP contribution in [0.1, 0.15) is 12.0 Å². The minimum atomic E-state index is -3.31. The molecule has 0 radical (unpaired) electrons. The lowest BCUT2D eigenvalue weighted by molar-refractivity contribution is 0.228. The normalized spacial score (nSPS) is 28.5. The zero-order chi connectivity index (χ0) is 13.6. The Morgan fingerprint density at radius 3 is 2.84 bits per heavy atom. The van der Waals surface area contributed by atoms with E-state index in [4.69, 9.17) is 0 Å². The largest absolute Gasteiger partial charge is 0.316 e. The Labute approximate surface area is 126 Å². The zero-order valence-electron chi connectivity index (χ0n) is 10.7. The van der Waals surface area contributed by atoms with E-state index >= 15 is 0 Å². The van der Waals surface area contributed by atoms with E-state index < -0.39 is 10.0 Å². The molecule has 0 spiro atoms. The van der Waals surface area contributed by atoms with E-state index in [0.29, 0.717) is 29.1 Å². The summed E-state index contributed by atoms with van der Waals surface area (Å²) in [5, 5.41) is 3.36. The van der Waals surface area contributed by atoms with Crippen LogP contribution in [0.4, 0.5) is 0 Å². The monoisotopic (exact) mass is 364 g/mol. The Kier molecular flexibility index (Phi) is 3.77. The standard InChI is InChI=1S/C12H17BrN2O2S2/c1-8-4-11(18-12(8)13)19(16,17)15-3-2-9-5-14-6-10(9)7-15/h4,9-10,14H,2-3,5-7H2,1H3. The summed E-state index contributed by atoms with van der Waals surface area (Å²) in [6, 6.07) is 1.77. The number of halogens is 1. The van der Waals surface area contributed by atoms with Crippen molar-refractivity contribution in [3.8, 4) is 0 Å². The van der Waals surface area contributed by atoms with Crippen LogP contribution in [-0.2, 0) is 10.0 Å². The third-order valence-corrected chi connectivity index (χ3v) is 8.55. The third kappa shape index (κ3) is 2.51. The number of thiophene rings is 1. The Hall–Kier alpha value is 0.0500. The molecule has 7 heteroatoms. The lowest BCUT2D eigenvalue weighted by atomic mass is 9.90. The van der Waals surface area contributed by atoms with Crippen LogP contribution in [0.3, 0.4) is 0 Å². The molecule has 2 saturated heterocycles. The van der Waals surface area contributed by atoms with Crippen molar-refractivity contribution in [3.05, 3.63) is 15.4 Å². The molecule has 1 aromatic rings. The van der Waals surface area contributed by atoms with Crippen LogP contribution in [0.2, 0.25) is 0 Å². The molecule has 19 heavy (non-hydrogen) atoms. The van der Waals surface area contributed by atoms with Gasteiger partial charge in [0.1, 0.15) is 4.21 Å². The molecule has 0 saturated carbocycles. The van der Waals surface area contributed by atoms with E-state index in [0.717, 1.165) is 28.9 Å². The summed E-state index contributed by atoms with van der Waals surface area (Å²) in [5.74, 6) is 1.14. The third-order valence-electron chi connectivity index (χ3n) is 4.10. The second-order valence-corrected chi connectivity index (χ2v) is 9.89. The first-order chi connectivity index (χ1) is 8.98. The summed E-state index contributed by atoms with van der Waals surface area (Å²) in [6.07, 6.45) is 0.975. The predicted molar refractivity (Wildman–Crippen MR) is 80.0 cm³/mol. The van der Waals surface area contributed by atoms with Crippen LogP contribution >= 0.6 is 27.3 Å². The highest BCUT2D eigenvalue weighted by molar-refractivity contribution is 9.11. The average molecular weight is 365 g/mol. The summed E-state index contributed by atoms with van der Waals surface area (Å²) in [5.41, 5.74) is 0.987. The summed E-state index contributed by atoms with van der Waals surface area (Å²) >= 11 is 4.71. The van der Waals surface area contributed by atoms with Gasteiger partial charge in [0.05, 0.1) is 3.79 Å². The molecule has 0 bridgehead atoms. The first kappa shape index (κ1) is 14.0. The maximum Gasteiger partial charge on any atom is 0.252 e. The first-order valence-corrected chi connectivity index (χ1v) is 9.50. The van der Waals surface area contributed by atoms with Crippen molar-refractivity contribution >= 4 is 37.3 Å². The van der Waals surface area contributed by atoms with E-state index in [1.807, 2.05) is 6.92 Å². The second-order valence-electron chi connectivity index (χ2n) is 5.35. The van der Waals surface area contributed by atoms with Gasteiger partial charge >= 0.3 is 0 Å². The van der Waals surface area contributed by atoms with Crippen molar-refractivity contribution in [2.75, 3.05) is 26.2 Å². The van der Waals surface area contributed by atoms with Crippen molar-refractivity contribution in [2.24, 2.45) is 11.8 Å². The highest BCUT2D eigenvalue weighted by atomic mass is 79.9. The lowest BCUT2D eigenvalue weighted by Crippen LogP contribution is -2.43. The van der Waals surface area contributed by atoms with Crippen LogP contribution in [0.5, 0.6) is 0 Å². The van der Waals surface area contributed by atoms with E-state index in [-0.39, 0.29) is 0 Å².